The number of fused-ring (bicyclic) bond motifs is 3. The minimum Gasteiger partial charge on any atom is -0.474 e. The molecule has 1 saturated heterocycles. The average molecular weight is 494 g/mol. The number of amides is 1. The molecular formula is C26H31N5O5. The number of carbonyl (C=O) groups is 1. The van der Waals surface area contributed by atoms with E-state index in [1.807, 2.05) is 24.7 Å². The molecular weight excluding hydrogens is 462 g/mol. The van der Waals surface area contributed by atoms with Crippen molar-refractivity contribution < 1.29 is 19.0 Å². The zero-order valence-corrected chi connectivity index (χ0v) is 20.8. The number of aromatic nitrogens is 4. The third kappa shape index (κ3) is 3.88. The molecule has 3 aromatic heterocycles. The lowest BCUT2D eigenvalue weighted by molar-refractivity contribution is -0.0698. The first-order valence-corrected chi connectivity index (χ1v) is 12.5. The largest absolute Gasteiger partial charge is 0.474 e. The molecule has 2 aliphatic carbocycles. The van der Waals surface area contributed by atoms with Crippen molar-refractivity contribution in [3.05, 3.63) is 46.5 Å². The van der Waals surface area contributed by atoms with Crippen LogP contribution in [0, 0.1) is 0 Å². The van der Waals surface area contributed by atoms with Crippen molar-refractivity contribution in [3.8, 4) is 5.88 Å². The van der Waals surface area contributed by atoms with Crippen molar-refractivity contribution in [2.75, 3.05) is 25.6 Å². The first kappa shape index (κ1) is 23.2. The van der Waals surface area contributed by atoms with Crippen LogP contribution in [0.1, 0.15) is 62.4 Å². The van der Waals surface area contributed by atoms with Gasteiger partial charge in [-0.05, 0) is 57.7 Å². The van der Waals surface area contributed by atoms with Crippen LogP contribution in [-0.4, -0.2) is 57.3 Å². The predicted octanol–water partition coefficient (Wildman–Crippen LogP) is 3.26. The second kappa shape index (κ2) is 8.41. The summed E-state index contributed by atoms with van der Waals surface area (Å²) < 4.78 is 21.1. The Morgan fingerprint density at radius 1 is 1.33 bits per heavy atom. The van der Waals surface area contributed by atoms with E-state index in [-0.39, 0.29) is 46.0 Å². The van der Waals surface area contributed by atoms with E-state index < -0.39 is 5.91 Å². The van der Waals surface area contributed by atoms with Gasteiger partial charge in [0.05, 0.1) is 30.5 Å². The summed E-state index contributed by atoms with van der Waals surface area (Å²) in [6, 6.07) is 5.36. The lowest BCUT2D eigenvalue weighted by atomic mass is 9.99. The maximum atomic E-state index is 13.4. The van der Waals surface area contributed by atoms with Crippen LogP contribution >= 0.6 is 0 Å². The Labute approximate surface area is 208 Å². The molecule has 3 aromatic rings. The summed E-state index contributed by atoms with van der Waals surface area (Å²) in [6.07, 6.45) is 8.13. The molecule has 0 radical (unpaired) electrons. The van der Waals surface area contributed by atoms with E-state index in [1.165, 1.54) is 0 Å². The van der Waals surface area contributed by atoms with Gasteiger partial charge < -0.3 is 24.1 Å². The highest BCUT2D eigenvalue weighted by Crippen LogP contribution is 2.51. The molecule has 2 bridgehead atoms. The summed E-state index contributed by atoms with van der Waals surface area (Å²) >= 11 is 0. The highest BCUT2D eigenvalue weighted by atomic mass is 16.5. The zero-order valence-electron chi connectivity index (χ0n) is 20.8. The summed E-state index contributed by atoms with van der Waals surface area (Å²) in [7, 11) is 1.70. The van der Waals surface area contributed by atoms with Gasteiger partial charge in [-0.25, -0.2) is 0 Å². The van der Waals surface area contributed by atoms with E-state index in [1.54, 1.807) is 36.1 Å². The second-order valence-electron chi connectivity index (χ2n) is 10.6. The lowest BCUT2D eigenvalue weighted by Gasteiger charge is -2.28. The van der Waals surface area contributed by atoms with Gasteiger partial charge in [0.15, 0.2) is 5.65 Å². The molecule has 0 spiro atoms. The minimum atomic E-state index is -0.444. The summed E-state index contributed by atoms with van der Waals surface area (Å²) in [5.74, 6) is -0.250. The van der Waals surface area contributed by atoms with Gasteiger partial charge in [0.1, 0.15) is 11.3 Å². The predicted molar refractivity (Wildman–Crippen MR) is 133 cm³/mol. The van der Waals surface area contributed by atoms with E-state index in [2.05, 4.69) is 10.3 Å². The Bertz CT molecular complexity index is 1380. The van der Waals surface area contributed by atoms with Gasteiger partial charge >= 0.3 is 0 Å². The Kier molecular flexibility index (Phi) is 5.42. The number of ether oxygens (including phenoxy) is 3. The molecule has 3 fully saturated rings. The van der Waals surface area contributed by atoms with Crippen LogP contribution in [0.4, 0.5) is 5.69 Å². The summed E-state index contributed by atoms with van der Waals surface area (Å²) in [5, 5.41) is 8.29. The Morgan fingerprint density at radius 3 is 2.86 bits per heavy atom. The molecule has 1 amide bonds. The van der Waals surface area contributed by atoms with Gasteiger partial charge in [0.25, 0.3) is 11.5 Å². The fourth-order valence-corrected chi connectivity index (χ4v) is 5.55. The fourth-order valence-electron chi connectivity index (χ4n) is 5.55. The maximum Gasteiger partial charge on any atom is 0.274 e. The van der Waals surface area contributed by atoms with Crippen molar-refractivity contribution in [2.24, 2.45) is 0 Å². The van der Waals surface area contributed by atoms with Crippen LogP contribution in [0.5, 0.6) is 5.88 Å². The van der Waals surface area contributed by atoms with Crippen molar-refractivity contribution >= 4 is 22.6 Å². The van der Waals surface area contributed by atoms with Crippen molar-refractivity contribution in [1.82, 2.24) is 19.3 Å². The van der Waals surface area contributed by atoms with Gasteiger partial charge in [-0.2, -0.15) is 10.1 Å². The summed E-state index contributed by atoms with van der Waals surface area (Å²) in [6.45, 7) is 4.88. The van der Waals surface area contributed by atoms with E-state index >= 15 is 0 Å². The Morgan fingerprint density at radius 2 is 2.17 bits per heavy atom. The molecule has 3 aliphatic rings. The number of hydrogen-bond acceptors (Lipinski definition) is 7. The van der Waals surface area contributed by atoms with Crippen LogP contribution in [0.15, 0.2) is 35.4 Å². The SMILES string of the molecule is COC[C@]12CC[C@](n3cc4cc(C(=O)Nc5cccn(C6CC6)c5=O)c(OC(C)C)nc4n3)(CO1)C2. The molecule has 2 saturated carbocycles. The number of methoxy groups -OCH3 is 1. The number of rotatable bonds is 8. The third-order valence-electron chi connectivity index (χ3n) is 7.45. The van der Waals surface area contributed by atoms with Crippen LogP contribution < -0.4 is 15.6 Å². The van der Waals surface area contributed by atoms with E-state index in [0.29, 0.717) is 18.9 Å². The number of pyridine rings is 2. The second-order valence-corrected chi connectivity index (χ2v) is 10.6. The molecule has 2 atom stereocenters. The van der Waals surface area contributed by atoms with Crippen molar-refractivity contribution in [2.45, 2.75) is 69.2 Å². The number of nitrogens with one attached hydrogen (secondary N) is 1. The topological polar surface area (TPSA) is 110 Å². The number of anilines is 1. The highest BCUT2D eigenvalue weighted by molar-refractivity contribution is 6.07. The molecule has 0 aromatic carbocycles. The van der Waals surface area contributed by atoms with Gasteiger partial charge in [-0.15, -0.1) is 0 Å². The Hall–Kier alpha value is -3.24. The van der Waals surface area contributed by atoms with Crippen molar-refractivity contribution in [1.29, 1.82) is 0 Å². The molecule has 1 N–H and O–H groups in total. The summed E-state index contributed by atoms with van der Waals surface area (Å²) in [4.78, 5) is 30.8. The van der Waals surface area contributed by atoms with E-state index in [4.69, 9.17) is 19.3 Å². The molecule has 10 nitrogen and oxygen atoms in total. The maximum absolute atomic E-state index is 13.4. The lowest BCUT2D eigenvalue weighted by Crippen LogP contribution is -2.34. The normalized spacial score (nSPS) is 25.1. The van der Waals surface area contributed by atoms with Gasteiger partial charge in [-0.1, -0.05) is 0 Å². The standard InChI is InChI=1S/C26H31N5O5/c1-16(2)36-23-19(22(32)27-20-5-4-10-30(24(20)33)18-6-7-18)11-17-12-31(29-21(17)28-23)25-8-9-26(13-25,15-34-3)35-14-25/h4-5,10-12,16,18H,6-9,13-15H2,1-3H3,(H,27,32)/t25-,26-/m1/s1. The summed E-state index contributed by atoms with van der Waals surface area (Å²) in [5.41, 5.74) is 0.283. The number of carbonyl (C=O) groups excluding carboxylic acids is 1. The minimum absolute atomic E-state index is 0.194. The quantitative estimate of drug-likeness (QED) is 0.513. The molecule has 36 heavy (non-hydrogen) atoms. The van der Waals surface area contributed by atoms with Gasteiger partial charge in [-0.3, -0.25) is 14.3 Å². The molecule has 10 heteroatoms. The van der Waals surface area contributed by atoms with Crippen molar-refractivity contribution in [3.63, 3.8) is 0 Å². The van der Waals surface area contributed by atoms with Crippen LogP contribution in [0.3, 0.4) is 0 Å². The molecule has 190 valence electrons. The third-order valence-corrected chi connectivity index (χ3v) is 7.45. The molecule has 6 rings (SSSR count). The fraction of sp³-hybridized carbons (Fsp3) is 0.538. The van der Waals surface area contributed by atoms with E-state index in [9.17, 15) is 9.59 Å². The smallest absolute Gasteiger partial charge is 0.274 e. The first-order chi connectivity index (χ1) is 17.3. The average Bonchev–Trinajstić information content (AvgIpc) is 3.34. The first-order valence-electron chi connectivity index (χ1n) is 12.5. The van der Waals surface area contributed by atoms with Crippen LogP contribution in [0.2, 0.25) is 0 Å². The van der Waals surface area contributed by atoms with E-state index in [0.717, 1.165) is 37.5 Å². The molecule has 4 heterocycles. The molecule has 0 unspecified atom stereocenters. The van der Waals surface area contributed by atoms with Gasteiger partial charge in [0.2, 0.25) is 5.88 Å². The van der Waals surface area contributed by atoms with Crippen LogP contribution in [-0.2, 0) is 15.0 Å². The van der Waals surface area contributed by atoms with Crippen LogP contribution in [0.25, 0.3) is 11.0 Å². The number of nitrogens with zero attached hydrogens (tertiary/aromatic N) is 4. The van der Waals surface area contributed by atoms with Gasteiger partial charge in [0, 0.05) is 37.4 Å². The number of hydrogen-bond donors (Lipinski definition) is 1. The monoisotopic (exact) mass is 493 g/mol. The highest BCUT2D eigenvalue weighted by Gasteiger charge is 2.57. The zero-order chi connectivity index (χ0) is 25.1. The Balaban J connectivity index is 1.34. The molecule has 1 aliphatic heterocycles.